The molecule has 29 heavy (non-hydrogen) atoms. The average molecular weight is 419 g/mol. The number of hydrogen-bond acceptors (Lipinski definition) is 7. The first-order valence-corrected chi connectivity index (χ1v) is 9.89. The van der Waals surface area contributed by atoms with Gasteiger partial charge in [-0.15, -0.1) is 11.3 Å². The summed E-state index contributed by atoms with van der Waals surface area (Å²) in [6.45, 7) is 5.29. The standard InChI is InChI=1S/C21H25NO6S/c1-12-10-16(14(3)29-12)17(23)7-9-20(24)28-13(2)21(25)22-15-6-8-18(26-4)19(11-15)27-5/h6,8,10-11,13H,7,9H2,1-5H3,(H,22,25). The van der Waals surface area contributed by atoms with Crippen molar-refractivity contribution in [3.05, 3.63) is 39.6 Å². The fourth-order valence-electron chi connectivity index (χ4n) is 2.73. The Morgan fingerprint density at radius 1 is 1.03 bits per heavy atom. The Morgan fingerprint density at radius 3 is 2.31 bits per heavy atom. The number of hydrogen-bond donors (Lipinski definition) is 1. The largest absolute Gasteiger partial charge is 0.493 e. The highest BCUT2D eigenvalue weighted by atomic mass is 32.1. The van der Waals surface area contributed by atoms with Gasteiger partial charge >= 0.3 is 5.97 Å². The highest BCUT2D eigenvalue weighted by Crippen LogP contribution is 2.29. The molecule has 0 aliphatic carbocycles. The summed E-state index contributed by atoms with van der Waals surface area (Å²) < 4.78 is 15.5. The topological polar surface area (TPSA) is 90.9 Å². The van der Waals surface area contributed by atoms with Crippen LogP contribution in [0.1, 0.15) is 39.9 Å². The minimum absolute atomic E-state index is 0.0415. The van der Waals surface area contributed by atoms with Gasteiger partial charge < -0.3 is 19.5 Å². The first kappa shape index (κ1) is 22.4. The average Bonchev–Trinajstić information content (AvgIpc) is 3.03. The van der Waals surface area contributed by atoms with Crippen LogP contribution in [-0.2, 0) is 14.3 Å². The van der Waals surface area contributed by atoms with Gasteiger partial charge in [0.15, 0.2) is 23.4 Å². The summed E-state index contributed by atoms with van der Waals surface area (Å²) in [5, 5.41) is 2.66. The molecule has 1 N–H and O–H groups in total. The number of anilines is 1. The minimum Gasteiger partial charge on any atom is -0.493 e. The van der Waals surface area contributed by atoms with E-state index in [1.54, 1.807) is 29.5 Å². The lowest BCUT2D eigenvalue weighted by Gasteiger charge is -2.15. The molecule has 0 saturated carbocycles. The molecule has 0 aliphatic rings. The summed E-state index contributed by atoms with van der Waals surface area (Å²) in [4.78, 5) is 38.6. The SMILES string of the molecule is COc1ccc(NC(=O)C(C)OC(=O)CCC(=O)c2cc(C)sc2C)cc1OC. The van der Waals surface area contributed by atoms with Gasteiger partial charge in [-0.05, 0) is 39.0 Å². The number of rotatable bonds is 9. The van der Waals surface area contributed by atoms with Crippen LogP contribution in [0.5, 0.6) is 11.5 Å². The Morgan fingerprint density at radius 2 is 1.72 bits per heavy atom. The van der Waals surface area contributed by atoms with Crippen LogP contribution in [0.4, 0.5) is 5.69 Å². The van der Waals surface area contributed by atoms with Crippen molar-refractivity contribution >= 4 is 34.7 Å². The molecule has 0 radical (unpaired) electrons. The number of methoxy groups -OCH3 is 2. The molecule has 0 spiro atoms. The molecule has 0 bridgehead atoms. The number of Topliss-reactive ketones (excluding diaryl/α,β-unsaturated/α-hetero) is 1. The Labute approximate surface area is 174 Å². The summed E-state index contributed by atoms with van der Waals surface area (Å²) in [6.07, 6.45) is -1.04. The van der Waals surface area contributed by atoms with E-state index in [0.717, 1.165) is 9.75 Å². The van der Waals surface area contributed by atoms with Crippen molar-refractivity contribution in [2.45, 2.75) is 39.7 Å². The van der Waals surface area contributed by atoms with E-state index in [4.69, 9.17) is 14.2 Å². The lowest BCUT2D eigenvalue weighted by atomic mass is 10.1. The highest BCUT2D eigenvalue weighted by molar-refractivity contribution is 7.12. The number of carbonyl (C=O) groups is 3. The number of thiophene rings is 1. The van der Waals surface area contributed by atoms with E-state index in [1.807, 2.05) is 19.9 Å². The van der Waals surface area contributed by atoms with E-state index in [0.29, 0.717) is 22.7 Å². The second-order valence-corrected chi connectivity index (χ2v) is 7.90. The van der Waals surface area contributed by atoms with Crippen LogP contribution in [0.15, 0.2) is 24.3 Å². The van der Waals surface area contributed by atoms with Gasteiger partial charge in [-0.1, -0.05) is 0 Å². The minimum atomic E-state index is -1.00. The van der Waals surface area contributed by atoms with Crippen molar-refractivity contribution in [3.63, 3.8) is 0 Å². The van der Waals surface area contributed by atoms with Crippen molar-refractivity contribution in [2.24, 2.45) is 0 Å². The fourth-order valence-corrected chi connectivity index (χ4v) is 3.67. The maximum Gasteiger partial charge on any atom is 0.307 e. The molecule has 2 rings (SSSR count). The maximum atomic E-state index is 12.3. The van der Waals surface area contributed by atoms with Gasteiger partial charge in [0.25, 0.3) is 5.91 Å². The summed E-state index contributed by atoms with van der Waals surface area (Å²) in [7, 11) is 3.01. The maximum absolute atomic E-state index is 12.3. The van der Waals surface area contributed by atoms with Crippen LogP contribution >= 0.6 is 11.3 Å². The van der Waals surface area contributed by atoms with Crippen LogP contribution in [0.25, 0.3) is 0 Å². The normalized spacial score (nSPS) is 11.5. The van der Waals surface area contributed by atoms with Gasteiger partial charge in [-0.3, -0.25) is 14.4 Å². The molecular formula is C21H25NO6S. The lowest BCUT2D eigenvalue weighted by Crippen LogP contribution is -2.30. The van der Waals surface area contributed by atoms with Crippen LogP contribution < -0.4 is 14.8 Å². The molecular weight excluding hydrogens is 394 g/mol. The molecule has 1 unspecified atom stereocenters. The molecule has 0 aliphatic heterocycles. The van der Waals surface area contributed by atoms with Gasteiger partial charge in [-0.2, -0.15) is 0 Å². The first-order chi connectivity index (χ1) is 13.7. The zero-order valence-electron chi connectivity index (χ0n) is 17.2. The number of ether oxygens (including phenoxy) is 3. The van der Waals surface area contributed by atoms with Gasteiger partial charge in [0.2, 0.25) is 0 Å². The van der Waals surface area contributed by atoms with Crippen molar-refractivity contribution in [1.29, 1.82) is 0 Å². The Balaban J connectivity index is 1.86. The van der Waals surface area contributed by atoms with E-state index in [9.17, 15) is 14.4 Å². The van der Waals surface area contributed by atoms with Crippen LogP contribution in [0.2, 0.25) is 0 Å². The lowest BCUT2D eigenvalue weighted by molar-refractivity contribution is -0.153. The van der Waals surface area contributed by atoms with Crippen LogP contribution in [0.3, 0.4) is 0 Å². The van der Waals surface area contributed by atoms with E-state index < -0.39 is 18.0 Å². The van der Waals surface area contributed by atoms with E-state index in [1.165, 1.54) is 21.1 Å². The quantitative estimate of drug-likeness (QED) is 0.489. The van der Waals surface area contributed by atoms with E-state index >= 15 is 0 Å². The van der Waals surface area contributed by atoms with Crippen molar-refractivity contribution in [2.75, 3.05) is 19.5 Å². The monoisotopic (exact) mass is 419 g/mol. The number of amides is 1. The molecule has 8 heteroatoms. The van der Waals surface area contributed by atoms with Crippen molar-refractivity contribution < 1.29 is 28.6 Å². The predicted molar refractivity (Wildman–Crippen MR) is 111 cm³/mol. The number of esters is 1. The third-order valence-electron chi connectivity index (χ3n) is 4.23. The zero-order chi connectivity index (χ0) is 21.6. The summed E-state index contributed by atoms with van der Waals surface area (Å²) in [5.41, 5.74) is 1.12. The number of carbonyl (C=O) groups excluding carboxylic acids is 3. The molecule has 1 aromatic carbocycles. The van der Waals surface area contributed by atoms with Gasteiger partial charge in [-0.25, -0.2) is 0 Å². The van der Waals surface area contributed by atoms with E-state index in [-0.39, 0.29) is 18.6 Å². The summed E-state index contributed by atoms with van der Waals surface area (Å²) in [5.74, 6) is -0.191. The molecule has 0 saturated heterocycles. The first-order valence-electron chi connectivity index (χ1n) is 9.07. The molecule has 7 nitrogen and oxygen atoms in total. The Hall–Kier alpha value is -2.87. The van der Waals surface area contributed by atoms with Crippen molar-refractivity contribution in [1.82, 2.24) is 0 Å². The highest BCUT2D eigenvalue weighted by Gasteiger charge is 2.20. The zero-order valence-corrected chi connectivity index (χ0v) is 18.0. The van der Waals surface area contributed by atoms with E-state index in [2.05, 4.69) is 5.32 Å². The Bertz CT molecular complexity index is 905. The van der Waals surface area contributed by atoms with Gasteiger partial charge in [0.05, 0.1) is 20.6 Å². The van der Waals surface area contributed by atoms with Crippen LogP contribution in [-0.4, -0.2) is 38.0 Å². The van der Waals surface area contributed by atoms with Gasteiger partial charge in [0, 0.05) is 33.5 Å². The summed E-state index contributed by atoms with van der Waals surface area (Å²) >= 11 is 1.55. The number of nitrogens with one attached hydrogen (secondary N) is 1. The smallest absolute Gasteiger partial charge is 0.307 e. The number of ketones is 1. The number of aryl methyl sites for hydroxylation is 2. The molecule has 0 fully saturated rings. The molecule has 1 heterocycles. The second kappa shape index (κ2) is 10.1. The van der Waals surface area contributed by atoms with Crippen molar-refractivity contribution in [3.8, 4) is 11.5 Å². The second-order valence-electron chi connectivity index (χ2n) is 6.44. The molecule has 1 atom stereocenters. The third kappa shape index (κ3) is 6.05. The Kier molecular flexibility index (Phi) is 7.78. The van der Waals surface area contributed by atoms with Crippen LogP contribution in [0, 0.1) is 13.8 Å². The molecule has 1 amide bonds. The third-order valence-corrected chi connectivity index (χ3v) is 5.19. The molecule has 2 aromatic rings. The molecule has 156 valence electrons. The fraction of sp³-hybridized carbons (Fsp3) is 0.381. The number of benzene rings is 1. The predicted octanol–water partition coefficient (Wildman–Crippen LogP) is 3.92. The van der Waals surface area contributed by atoms with Gasteiger partial charge in [0.1, 0.15) is 0 Å². The molecule has 1 aromatic heterocycles. The summed E-state index contributed by atoms with van der Waals surface area (Å²) in [6, 6.07) is 6.74.